The number of nitrogens with zero attached hydrogens (tertiary/aromatic N) is 1. The van der Waals surface area contributed by atoms with Gasteiger partial charge in [0.15, 0.2) is 0 Å². The summed E-state index contributed by atoms with van der Waals surface area (Å²) in [6, 6.07) is 10.8. The SMILES string of the molecule is CCNC(CCOC)Cc1nc(-c2ccccc2)cs1. The van der Waals surface area contributed by atoms with E-state index in [1.807, 2.05) is 18.2 Å². The predicted molar refractivity (Wildman–Crippen MR) is 85.2 cm³/mol. The minimum atomic E-state index is 0.440. The second kappa shape index (κ2) is 8.15. The van der Waals surface area contributed by atoms with Gasteiger partial charge in [0, 0.05) is 37.1 Å². The molecule has 4 heteroatoms. The highest BCUT2D eigenvalue weighted by molar-refractivity contribution is 7.09. The van der Waals surface area contributed by atoms with Crippen molar-refractivity contribution in [2.75, 3.05) is 20.3 Å². The molecule has 1 heterocycles. The van der Waals surface area contributed by atoms with Crippen LogP contribution in [0.25, 0.3) is 11.3 Å². The molecule has 3 nitrogen and oxygen atoms in total. The Hall–Kier alpha value is -1.23. The predicted octanol–water partition coefficient (Wildman–Crippen LogP) is 3.37. The lowest BCUT2D eigenvalue weighted by Gasteiger charge is -2.15. The van der Waals surface area contributed by atoms with Crippen molar-refractivity contribution in [3.63, 3.8) is 0 Å². The van der Waals surface area contributed by atoms with Gasteiger partial charge in [-0.1, -0.05) is 37.3 Å². The van der Waals surface area contributed by atoms with Gasteiger partial charge in [0.1, 0.15) is 0 Å². The van der Waals surface area contributed by atoms with Crippen LogP contribution in [0.1, 0.15) is 18.4 Å². The van der Waals surface area contributed by atoms with Crippen molar-refractivity contribution in [3.05, 3.63) is 40.7 Å². The third-order valence-electron chi connectivity index (χ3n) is 3.21. The summed E-state index contributed by atoms with van der Waals surface area (Å²) in [4.78, 5) is 4.75. The zero-order chi connectivity index (χ0) is 14.2. The number of ether oxygens (including phenoxy) is 1. The second-order valence-corrected chi connectivity index (χ2v) is 5.68. The van der Waals surface area contributed by atoms with Crippen molar-refractivity contribution in [2.24, 2.45) is 0 Å². The molecule has 1 atom stereocenters. The van der Waals surface area contributed by atoms with Crippen LogP contribution in [0.3, 0.4) is 0 Å². The average Bonchev–Trinajstić information content (AvgIpc) is 2.94. The van der Waals surface area contributed by atoms with Gasteiger partial charge in [-0.15, -0.1) is 11.3 Å². The third kappa shape index (κ3) is 4.40. The van der Waals surface area contributed by atoms with E-state index < -0.39 is 0 Å². The smallest absolute Gasteiger partial charge is 0.0948 e. The molecular formula is C16H22N2OS. The Bertz CT molecular complexity index is 498. The van der Waals surface area contributed by atoms with Crippen LogP contribution >= 0.6 is 11.3 Å². The van der Waals surface area contributed by atoms with Crippen molar-refractivity contribution in [1.82, 2.24) is 10.3 Å². The summed E-state index contributed by atoms with van der Waals surface area (Å²) < 4.78 is 5.17. The number of thiazole rings is 1. The first-order valence-electron chi connectivity index (χ1n) is 7.05. The van der Waals surface area contributed by atoms with Gasteiger partial charge in [-0.2, -0.15) is 0 Å². The Labute approximate surface area is 125 Å². The maximum absolute atomic E-state index is 5.17. The molecule has 2 rings (SSSR count). The second-order valence-electron chi connectivity index (χ2n) is 4.73. The molecule has 1 unspecified atom stereocenters. The molecule has 20 heavy (non-hydrogen) atoms. The molecule has 0 bridgehead atoms. The first-order chi connectivity index (χ1) is 9.83. The van der Waals surface area contributed by atoms with Crippen LogP contribution in [0.2, 0.25) is 0 Å². The van der Waals surface area contributed by atoms with Crippen molar-refractivity contribution in [2.45, 2.75) is 25.8 Å². The highest BCUT2D eigenvalue weighted by atomic mass is 32.1. The van der Waals surface area contributed by atoms with E-state index in [0.717, 1.165) is 31.7 Å². The molecule has 0 aliphatic rings. The van der Waals surface area contributed by atoms with Crippen molar-refractivity contribution in [1.29, 1.82) is 0 Å². The zero-order valence-corrected chi connectivity index (χ0v) is 13.0. The van der Waals surface area contributed by atoms with Crippen molar-refractivity contribution >= 4 is 11.3 Å². The summed E-state index contributed by atoms with van der Waals surface area (Å²) in [7, 11) is 1.75. The van der Waals surface area contributed by atoms with E-state index in [2.05, 4.69) is 29.8 Å². The molecule has 0 saturated heterocycles. The summed E-state index contributed by atoms with van der Waals surface area (Å²) >= 11 is 1.74. The van der Waals surface area contributed by atoms with Crippen LogP contribution in [-0.4, -0.2) is 31.3 Å². The molecule has 0 aliphatic heterocycles. The summed E-state index contributed by atoms with van der Waals surface area (Å²) in [5.41, 5.74) is 2.26. The fraction of sp³-hybridized carbons (Fsp3) is 0.438. The Morgan fingerprint density at radius 3 is 2.80 bits per heavy atom. The van der Waals surface area contributed by atoms with E-state index in [4.69, 9.17) is 9.72 Å². The van der Waals surface area contributed by atoms with Gasteiger partial charge in [0.2, 0.25) is 0 Å². The molecular weight excluding hydrogens is 268 g/mol. The summed E-state index contributed by atoms with van der Waals surface area (Å²) in [5.74, 6) is 0. The number of hydrogen-bond donors (Lipinski definition) is 1. The van der Waals surface area contributed by atoms with Gasteiger partial charge in [0.25, 0.3) is 0 Å². The summed E-state index contributed by atoms with van der Waals surface area (Å²) in [5, 5.41) is 6.83. The van der Waals surface area contributed by atoms with Crippen LogP contribution in [0.5, 0.6) is 0 Å². The number of nitrogens with one attached hydrogen (secondary N) is 1. The molecule has 0 amide bonds. The molecule has 2 aromatic rings. The van der Waals surface area contributed by atoms with E-state index in [0.29, 0.717) is 6.04 Å². The molecule has 1 aromatic heterocycles. The zero-order valence-electron chi connectivity index (χ0n) is 12.1. The maximum Gasteiger partial charge on any atom is 0.0948 e. The Morgan fingerprint density at radius 2 is 2.10 bits per heavy atom. The summed E-state index contributed by atoms with van der Waals surface area (Å²) in [6.07, 6.45) is 1.99. The number of rotatable bonds is 8. The molecule has 0 saturated carbocycles. The Morgan fingerprint density at radius 1 is 1.30 bits per heavy atom. The maximum atomic E-state index is 5.17. The van der Waals surface area contributed by atoms with Crippen molar-refractivity contribution < 1.29 is 4.74 Å². The van der Waals surface area contributed by atoms with Gasteiger partial charge >= 0.3 is 0 Å². The molecule has 1 aromatic carbocycles. The minimum absolute atomic E-state index is 0.440. The van der Waals surface area contributed by atoms with E-state index in [9.17, 15) is 0 Å². The van der Waals surface area contributed by atoms with Crippen molar-refractivity contribution in [3.8, 4) is 11.3 Å². The van der Waals surface area contributed by atoms with Gasteiger partial charge in [0.05, 0.1) is 10.7 Å². The largest absolute Gasteiger partial charge is 0.385 e. The topological polar surface area (TPSA) is 34.1 Å². The van der Waals surface area contributed by atoms with Crippen LogP contribution in [0.15, 0.2) is 35.7 Å². The van der Waals surface area contributed by atoms with E-state index in [1.54, 1.807) is 18.4 Å². The Kier molecular flexibility index (Phi) is 6.18. The molecule has 0 radical (unpaired) electrons. The number of likely N-dealkylation sites (N-methyl/N-ethyl adjacent to an activating group) is 1. The minimum Gasteiger partial charge on any atom is -0.385 e. The van der Waals surface area contributed by atoms with Crippen LogP contribution < -0.4 is 5.32 Å². The van der Waals surface area contributed by atoms with E-state index in [-0.39, 0.29) is 0 Å². The van der Waals surface area contributed by atoms with Gasteiger partial charge < -0.3 is 10.1 Å². The number of hydrogen-bond acceptors (Lipinski definition) is 4. The van der Waals surface area contributed by atoms with Crippen LogP contribution in [0.4, 0.5) is 0 Å². The normalized spacial score (nSPS) is 12.5. The number of benzene rings is 1. The highest BCUT2D eigenvalue weighted by Gasteiger charge is 2.11. The Balaban J connectivity index is 2.00. The average molecular weight is 290 g/mol. The van der Waals surface area contributed by atoms with Crippen LogP contribution in [0, 0.1) is 0 Å². The standard InChI is InChI=1S/C16H22N2OS/c1-3-17-14(9-10-19-2)11-16-18-15(12-20-16)13-7-5-4-6-8-13/h4-8,12,14,17H,3,9-11H2,1-2H3. The van der Waals surface area contributed by atoms with Gasteiger partial charge in [-0.3, -0.25) is 0 Å². The number of aromatic nitrogens is 1. The summed E-state index contributed by atoms with van der Waals surface area (Å²) in [6.45, 7) is 3.90. The molecule has 0 spiro atoms. The fourth-order valence-electron chi connectivity index (χ4n) is 2.18. The highest BCUT2D eigenvalue weighted by Crippen LogP contribution is 2.22. The van der Waals surface area contributed by atoms with E-state index in [1.165, 1.54) is 10.6 Å². The van der Waals surface area contributed by atoms with Crippen LogP contribution in [-0.2, 0) is 11.2 Å². The quantitative estimate of drug-likeness (QED) is 0.809. The monoisotopic (exact) mass is 290 g/mol. The lowest BCUT2D eigenvalue weighted by molar-refractivity contribution is 0.183. The lowest BCUT2D eigenvalue weighted by Crippen LogP contribution is -2.32. The third-order valence-corrected chi connectivity index (χ3v) is 4.08. The van der Waals surface area contributed by atoms with E-state index >= 15 is 0 Å². The number of methoxy groups -OCH3 is 1. The van der Waals surface area contributed by atoms with Gasteiger partial charge in [-0.25, -0.2) is 4.98 Å². The molecule has 108 valence electrons. The molecule has 0 fully saturated rings. The molecule has 0 aliphatic carbocycles. The first kappa shape index (κ1) is 15.2. The fourth-order valence-corrected chi connectivity index (χ4v) is 3.07. The first-order valence-corrected chi connectivity index (χ1v) is 7.93. The van der Waals surface area contributed by atoms with Gasteiger partial charge in [-0.05, 0) is 13.0 Å². The lowest BCUT2D eigenvalue weighted by atomic mass is 10.1. The molecule has 1 N–H and O–H groups in total.